The molecule has 0 saturated heterocycles. The van der Waals surface area contributed by atoms with E-state index in [1.54, 1.807) is 25.2 Å². The Hall–Kier alpha value is -1.78. The molecule has 1 aromatic carbocycles. The number of nitrogens with one attached hydrogen (secondary N) is 2. The Morgan fingerprint density at radius 2 is 1.90 bits per heavy atom. The molecule has 0 saturated carbocycles. The minimum Gasteiger partial charge on any atom is -0.373 e. The summed E-state index contributed by atoms with van der Waals surface area (Å²) in [6.45, 7) is 1.86. The number of benzene rings is 1. The number of anilines is 2. The zero-order chi connectivity index (χ0) is 14.7. The first-order chi connectivity index (χ1) is 9.52. The number of pyridine rings is 1. The van der Waals surface area contributed by atoms with Crippen LogP contribution in [0.4, 0.5) is 11.5 Å². The number of halogens is 2. The van der Waals surface area contributed by atoms with Gasteiger partial charge in [-0.25, -0.2) is 4.98 Å². The molecule has 1 aromatic heterocycles. The van der Waals surface area contributed by atoms with E-state index in [9.17, 15) is 4.79 Å². The largest absolute Gasteiger partial charge is 0.373 e. The minimum absolute atomic E-state index is 0.151. The van der Waals surface area contributed by atoms with Crippen molar-refractivity contribution in [2.75, 3.05) is 17.7 Å². The molecule has 6 heteroatoms. The van der Waals surface area contributed by atoms with Crippen molar-refractivity contribution in [3.63, 3.8) is 0 Å². The molecule has 2 aromatic rings. The number of nitrogens with zero attached hydrogens (tertiary/aromatic N) is 1. The van der Waals surface area contributed by atoms with E-state index in [1.165, 1.54) is 0 Å². The molecule has 20 heavy (non-hydrogen) atoms. The van der Waals surface area contributed by atoms with Crippen molar-refractivity contribution >= 4 is 40.6 Å². The van der Waals surface area contributed by atoms with Crippen molar-refractivity contribution in [1.82, 2.24) is 4.98 Å². The van der Waals surface area contributed by atoms with Crippen LogP contribution >= 0.6 is 23.2 Å². The standard InChI is InChI=1S/C14H13Cl2N3O/c1-8-4-3-5-9(15)12(8)19-14(20)13-10(16)6-7-11(17-2)18-13/h3-7H,1-2H3,(H,17,18)(H,19,20). The van der Waals surface area contributed by atoms with E-state index in [0.717, 1.165) is 5.56 Å². The summed E-state index contributed by atoms with van der Waals surface area (Å²) in [4.78, 5) is 16.4. The summed E-state index contributed by atoms with van der Waals surface area (Å²) in [5.74, 6) is 0.165. The fourth-order valence-electron chi connectivity index (χ4n) is 1.70. The Morgan fingerprint density at radius 1 is 1.15 bits per heavy atom. The molecule has 0 aliphatic rings. The number of para-hydroxylation sites is 1. The first kappa shape index (κ1) is 14.6. The maximum Gasteiger partial charge on any atom is 0.275 e. The van der Waals surface area contributed by atoms with Crippen molar-refractivity contribution < 1.29 is 4.79 Å². The van der Waals surface area contributed by atoms with E-state index in [-0.39, 0.29) is 10.7 Å². The van der Waals surface area contributed by atoms with Gasteiger partial charge in [0.15, 0.2) is 0 Å². The lowest BCUT2D eigenvalue weighted by Gasteiger charge is -2.11. The van der Waals surface area contributed by atoms with Crippen LogP contribution in [-0.2, 0) is 0 Å². The van der Waals surface area contributed by atoms with Gasteiger partial charge in [0.2, 0.25) is 0 Å². The van der Waals surface area contributed by atoms with Gasteiger partial charge < -0.3 is 10.6 Å². The molecule has 2 rings (SSSR count). The highest BCUT2D eigenvalue weighted by molar-refractivity contribution is 6.35. The van der Waals surface area contributed by atoms with E-state index < -0.39 is 5.91 Å². The van der Waals surface area contributed by atoms with Gasteiger partial charge in [0.1, 0.15) is 11.5 Å². The second kappa shape index (κ2) is 6.11. The SMILES string of the molecule is CNc1ccc(Cl)c(C(=O)Nc2c(C)cccc2Cl)n1. The Morgan fingerprint density at radius 3 is 2.55 bits per heavy atom. The Bertz CT molecular complexity index is 639. The molecular formula is C14H13Cl2N3O. The van der Waals surface area contributed by atoms with Crippen molar-refractivity contribution in [3.8, 4) is 0 Å². The number of carbonyl (C=O) groups is 1. The van der Waals surface area contributed by atoms with Crippen molar-refractivity contribution in [1.29, 1.82) is 0 Å². The van der Waals surface area contributed by atoms with Crippen LogP contribution in [0.1, 0.15) is 16.1 Å². The maximum atomic E-state index is 12.3. The molecule has 0 bridgehead atoms. The number of amides is 1. The van der Waals surface area contributed by atoms with E-state index >= 15 is 0 Å². The third kappa shape index (κ3) is 3.03. The van der Waals surface area contributed by atoms with Gasteiger partial charge in [-0.2, -0.15) is 0 Å². The number of hydrogen-bond acceptors (Lipinski definition) is 3. The van der Waals surface area contributed by atoms with Gasteiger partial charge in [0.25, 0.3) is 5.91 Å². The molecule has 1 amide bonds. The van der Waals surface area contributed by atoms with Crippen LogP contribution < -0.4 is 10.6 Å². The van der Waals surface area contributed by atoms with Gasteiger partial charge >= 0.3 is 0 Å². The monoisotopic (exact) mass is 309 g/mol. The van der Waals surface area contributed by atoms with Crippen molar-refractivity contribution in [3.05, 3.63) is 51.6 Å². The predicted octanol–water partition coefficient (Wildman–Crippen LogP) is 3.99. The average molecular weight is 310 g/mol. The highest BCUT2D eigenvalue weighted by Crippen LogP contribution is 2.26. The first-order valence-corrected chi connectivity index (χ1v) is 6.69. The third-order valence-electron chi connectivity index (χ3n) is 2.78. The highest BCUT2D eigenvalue weighted by atomic mass is 35.5. The molecular weight excluding hydrogens is 297 g/mol. The molecule has 0 fully saturated rings. The second-order valence-electron chi connectivity index (χ2n) is 4.16. The summed E-state index contributed by atoms with van der Waals surface area (Å²) in [7, 11) is 1.72. The molecule has 0 aliphatic heterocycles. The second-order valence-corrected chi connectivity index (χ2v) is 4.98. The normalized spacial score (nSPS) is 10.2. The molecule has 0 spiro atoms. The quantitative estimate of drug-likeness (QED) is 0.901. The van der Waals surface area contributed by atoms with Crippen LogP contribution in [0, 0.1) is 6.92 Å². The lowest BCUT2D eigenvalue weighted by atomic mass is 10.2. The molecule has 1 heterocycles. The smallest absolute Gasteiger partial charge is 0.275 e. The van der Waals surface area contributed by atoms with Crippen LogP contribution in [0.5, 0.6) is 0 Å². The Balaban J connectivity index is 2.33. The summed E-state index contributed by atoms with van der Waals surface area (Å²) < 4.78 is 0. The lowest BCUT2D eigenvalue weighted by molar-refractivity contribution is 0.102. The van der Waals surface area contributed by atoms with E-state index in [4.69, 9.17) is 23.2 Å². The highest BCUT2D eigenvalue weighted by Gasteiger charge is 2.15. The number of carbonyl (C=O) groups excluding carboxylic acids is 1. The zero-order valence-corrected chi connectivity index (χ0v) is 12.5. The van der Waals surface area contributed by atoms with Gasteiger partial charge in [-0.3, -0.25) is 4.79 Å². The van der Waals surface area contributed by atoms with Crippen LogP contribution in [0.15, 0.2) is 30.3 Å². The van der Waals surface area contributed by atoms with Crippen LogP contribution in [-0.4, -0.2) is 17.9 Å². The van der Waals surface area contributed by atoms with Gasteiger partial charge in [0, 0.05) is 7.05 Å². The fraction of sp³-hybridized carbons (Fsp3) is 0.143. The van der Waals surface area contributed by atoms with Crippen LogP contribution in [0.3, 0.4) is 0 Å². The summed E-state index contributed by atoms with van der Waals surface area (Å²) >= 11 is 12.1. The Labute approximate surface area is 127 Å². The number of hydrogen-bond donors (Lipinski definition) is 2. The molecule has 0 radical (unpaired) electrons. The van der Waals surface area contributed by atoms with E-state index in [2.05, 4.69) is 15.6 Å². The van der Waals surface area contributed by atoms with Crippen molar-refractivity contribution in [2.45, 2.75) is 6.92 Å². The number of aromatic nitrogens is 1. The molecule has 2 N–H and O–H groups in total. The average Bonchev–Trinajstić information content (AvgIpc) is 2.43. The van der Waals surface area contributed by atoms with Crippen molar-refractivity contribution in [2.24, 2.45) is 0 Å². The molecule has 4 nitrogen and oxygen atoms in total. The molecule has 0 unspecified atom stereocenters. The van der Waals surface area contributed by atoms with Gasteiger partial charge in [-0.1, -0.05) is 35.3 Å². The van der Waals surface area contributed by atoms with Gasteiger partial charge in [0.05, 0.1) is 15.7 Å². The first-order valence-electron chi connectivity index (χ1n) is 5.93. The van der Waals surface area contributed by atoms with Crippen LogP contribution in [0.25, 0.3) is 0 Å². The maximum absolute atomic E-state index is 12.3. The Kier molecular flexibility index (Phi) is 4.47. The number of aryl methyl sites for hydroxylation is 1. The summed E-state index contributed by atoms with van der Waals surface area (Å²) in [5.41, 5.74) is 1.58. The molecule has 0 aliphatic carbocycles. The van der Waals surface area contributed by atoms with E-state index in [0.29, 0.717) is 16.5 Å². The number of rotatable bonds is 3. The molecule has 104 valence electrons. The van der Waals surface area contributed by atoms with Gasteiger partial charge in [-0.05, 0) is 30.7 Å². The minimum atomic E-state index is -0.400. The topological polar surface area (TPSA) is 54.0 Å². The van der Waals surface area contributed by atoms with Gasteiger partial charge in [-0.15, -0.1) is 0 Å². The summed E-state index contributed by atoms with van der Waals surface area (Å²) in [6.07, 6.45) is 0. The molecule has 0 atom stereocenters. The zero-order valence-electron chi connectivity index (χ0n) is 11.0. The third-order valence-corrected chi connectivity index (χ3v) is 3.40. The fourth-order valence-corrected chi connectivity index (χ4v) is 2.16. The van der Waals surface area contributed by atoms with E-state index in [1.807, 2.05) is 19.1 Å². The summed E-state index contributed by atoms with van der Waals surface area (Å²) in [5, 5.41) is 6.36. The summed E-state index contributed by atoms with van der Waals surface area (Å²) in [6, 6.07) is 8.71. The predicted molar refractivity (Wildman–Crippen MR) is 82.9 cm³/mol. The van der Waals surface area contributed by atoms with Crippen LogP contribution in [0.2, 0.25) is 10.0 Å². The lowest BCUT2D eigenvalue weighted by Crippen LogP contribution is -2.16.